The molecule has 0 bridgehead atoms. The number of carbonyl (C=O) groups is 1. The number of pyridine rings is 1. The molecule has 7 nitrogen and oxygen atoms in total. The first-order valence-corrected chi connectivity index (χ1v) is 11.9. The minimum atomic E-state index is -0.373. The number of hydrogen-bond acceptors (Lipinski definition) is 6. The van der Waals surface area contributed by atoms with Gasteiger partial charge in [-0.05, 0) is 61.8 Å². The van der Waals surface area contributed by atoms with Crippen molar-refractivity contribution in [1.82, 2.24) is 15.2 Å². The normalized spacial score (nSPS) is 15.3. The van der Waals surface area contributed by atoms with E-state index in [0.29, 0.717) is 0 Å². The Balaban J connectivity index is 1.42. The van der Waals surface area contributed by atoms with Gasteiger partial charge >= 0.3 is 0 Å². The third kappa shape index (κ3) is 6.11. The van der Waals surface area contributed by atoms with E-state index in [1.54, 1.807) is 27.5 Å². The number of rotatable bonds is 9. The van der Waals surface area contributed by atoms with E-state index in [-0.39, 0.29) is 17.9 Å². The molecule has 1 fully saturated rings. The van der Waals surface area contributed by atoms with Crippen LogP contribution in [0.4, 0.5) is 0 Å². The van der Waals surface area contributed by atoms with E-state index in [2.05, 4.69) is 15.2 Å². The Kier molecular flexibility index (Phi) is 8.21. The largest absolute Gasteiger partial charge is 0.497 e. The van der Waals surface area contributed by atoms with Crippen LogP contribution in [-0.2, 0) is 11.3 Å². The Morgan fingerprint density at radius 2 is 1.66 bits per heavy atom. The van der Waals surface area contributed by atoms with Crippen LogP contribution in [-0.4, -0.2) is 50.2 Å². The van der Waals surface area contributed by atoms with Gasteiger partial charge in [0, 0.05) is 30.3 Å². The van der Waals surface area contributed by atoms with Crippen LogP contribution in [0.1, 0.15) is 35.7 Å². The molecule has 1 unspecified atom stereocenters. The molecule has 0 spiro atoms. The maximum absolute atomic E-state index is 13.4. The van der Waals surface area contributed by atoms with Gasteiger partial charge in [0.15, 0.2) is 0 Å². The summed E-state index contributed by atoms with van der Waals surface area (Å²) in [5, 5.41) is 3.26. The van der Waals surface area contributed by atoms with E-state index in [4.69, 9.17) is 14.2 Å². The molecule has 0 saturated carbocycles. The second kappa shape index (κ2) is 11.7. The summed E-state index contributed by atoms with van der Waals surface area (Å²) in [6.45, 7) is 2.49. The fourth-order valence-electron chi connectivity index (χ4n) is 4.59. The van der Waals surface area contributed by atoms with E-state index < -0.39 is 0 Å². The van der Waals surface area contributed by atoms with Crippen LogP contribution < -0.4 is 19.5 Å². The molecule has 1 amide bonds. The van der Waals surface area contributed by atoms with Crippen molar-refractivity contribution in [2.75, 3.05) is 34.4 Å². The second-order valence-electron chi connectivity index (χ2n) is 8.71. The van der Waals surface area contributed by atoms with Gasteiger partial charge in [0.05, 0.1) is 33.1 Å². The number of aromatic nitrogens is 1. The van der Waals surface area contributed by atoms with Crippen molar-refractivity contribution in [2.45, 2.75) is 25.4 Å². The molecule has 2 aromatic carbocycles. The number of benzene rings is 2. The lowest BCUT2D eigenvalue weighted by Crippen LogP contribution is -2.41. The van der Waals surface area contributed by atoms with Crippen LogP contribution in [0.2, 0.25) is 0 Å². The van der Waals surface area contributed by atoms with Crippen LogP contribution in [0.3, 0.4) is 0 Å². The van der Waals surface area contributed by atoms with E-state index >= 15 is 0 Å². The molecule has 0 radical (unpaired) electrons. The minimum Gasteiger partial charge on any atom is -0.497 e. The molecule has 1 aliphatic heterocycles. The van der Waals surface area contributed by atoms with Crippen molar-refractivity contribution in [2.24, 2.45) is 5.92 Å². The van der Waals surface area contributed by atoms with Crippen molar-refractivity contribution in [3.8, 4) is 17.2 Å². The topological polar surface area (TPSA) is 72.9 Å². The van der Waals surface area contributed by atoms with Gasteiger partial charge in [-0.25, -0.2) is 0 Å². The maximum Gasteiger partial charge on any atom is 0.224 e. The van der Waals surface area contributed by atoms with Gasteiger partial charge in [-0.2, -0.15) is 0 Å². The zero-order chi connectivity index (χ0) is 24.6. The number of hydrogen-bond donors (Lipinski definition) is 1. The van der Waals surface area contributed by atoms with Gasteiger partial charge in [0.2, 0.25) is 5.91 Å². The van der Waals surface area contributed by atoms with Crippen LogP contribution in [0, 0.1) is 5.92 Å². The quantitative estimate of drug-likeness (QED) is 0.500. The highest BCUT2D eigenvalue weighted by Crippen LogP contribution is 2.30. The molecule has 1 aromatic heterocycles. The zero-order valence-electron chi connectivity index (χ0n) is 20.6. The Labute approximate surface area is 207 Å². The number of piperidine rings is 1. The zero-order valence-corrected chi connectivity index (χ0v) is 20.6. The van der Waals surface area contributed by atoms with Crippen molar-refractivity contribution in [1.29, 1.82) is 0 Å². The lowest BCUT2D eigenvalue weighted by atomic mass is 9.94. The van der Waals surface area contributed by atoms with Crippen LogP contribution in [0.5, 0.6) is 17.2 Å². The number of likely N-dealkylation sites (tertiary alicyclic amines) is 1. The summed E-state index contributed by atoms with van der Waals surface area (Å²) >= 11 is 0. The predicted molar refractivity (Wildman–Crippen MR) is 135 cm³/mol. The number of nitrogens with zero attached hydrogens (tertiary/aromatic N) is 2. The average Bonchev–Trinajstić information content (AvgIpc) is 2.92. The highest BCUT2D eigenvalue weighted by molar-refractivity contribution is 5.79. The summed E-state index contributed by atoms with van der Waals surface area (Å²) in [6.07, 6.45) is 3.34. The Morgan fingerprint density at radius 1 is 0.971 bits per heavy atom. The van der Waals surface area contributed by atoms with Crippen molar-refractivity contribution in [3.05, 3.63) is 83.7 Å². The molecular weight excluding hydrogens is 442 g/mol. The summed E-state index contributed by atoms with van der Waals surface area (Å²) in [5.41, 5.74) is 2.82. The second-order valence-corrected chi connectivity index (χ2v) is 8.71. The fraction of sp³-hybridized carbons (Fsp3) is 0.357. The highest BCUT2D eigenvalue weighted by Gasteiger charge is 2.29. The SMILES string of the molecule is COc1cc(CN2CCC(C(=O)NC(c3ccccn3)c3ccccc3OC)CC2)cc(OC)c1. The van der Waals surface area contributed by atoms with Crippen LogP contribution in [0.15, 0.2) is 66.9 Å². The first-order chi connectivity index (χ1) is 17.1. The van der Waals surface area contributed by atoms with E-state index in [1.165, 1.54) is 0 Å². The maximum atomic E-state index is 13.4. The molecule has 1 N–H and O–H groups in total. The van der Waals surface area contributed by atoms with Crippen molar-refractivity contribution in [3.63, 3.8) is 0 Å². The highest BCUT2D eigenvalue weighted by atomic mass is 16.5. The number of methoxy groups -OCH3 is 3. The van der Waals surface area contributed by atoms with Crippen molar-refractivity contribution < 1.29 is 19.0 Å². The van der Waals surface area contributed by atoms with Gasteiger partial charge in [0.25, 0.3) is 0 Å². The Bertz CT molecular complexity index is 1090. The van der Waals surface area contributed by atoms with E-state index in [9.17, 15) is 4.79 Å². The summed E-state index contributed by atoms with van der Waals surface area (Å²) in [5.74, 6) is 2.30. The summed E-state index contributed by atoms with van der Waals surface area (Å²) in [7, 11) is 4.96. The van der Waals surface area contributed by atoms with Crippen molar-refractivity contribution >= 4 is 5.91 Å². The predicted octanol–water partition coefficient (Wildman–Crippen LogP) is 4.23. The third-order valence-corrected chi connectivity index (χ3v) is 6.50. The summed E-state index contributed by atoms with van der Waals surface area (Å²) in [4.78, 5) is 20.2. The molecule has 1 atom stereocenters. The first kappa shape index (κ1) is 24.5. The number of amides is 1. The molecule has 1 aliphatic rings. The number of ether oxygens (including phenoxy) is 3. The molecule has 2 heterocycles. The van der Waals surface area contributed by atoms with E-state index in [1.807, 2.05) is 60.7 Å². The van der Waals surface area contributed by atoms with Gasteiger partial charge in [0.1, 0.15) is 17.2 Å². The monoisotopic (exact) mass is 475 g/mol. The van der Waals surface area contributed by atoms with Gasteiger partial charge in [-0.3, -0.25) is 14.7 Å². The Morgan fingerprint density at radius 3 is 2.29 bits per heavy atom. The molecule has 7 heteroatoms. The minimum absolute atomic E-state index is 0.0491. The molecule has 0 aliphatic carbocycles. The smallest absolute Gasteiger partial charge is 0.224 e. The lowest BCUT2D eigenvalue weighted by molar-refractivity contribution is -0.127. The molecule has 4 rings (SSSR count). The number of carbonyl (C=O) groups excluding carboxylic acids is 1. The third-order valence-electron chi connectivity index (χ3n) is 6.50. The van der Waals surface area contributed by atoms with Crippen LogP contribution >= 0.6 is 0 Å². The van der Waals surface area contributed by atoms with Crippen LogP contribution in [0.25, 0.3) is 0 Å². The number of nitrogens with one attached hydrogen (secondary N) is 1. The molecule has 1 saturated heterocycles. The Hall–Kier alpha value is -3.58. The van der Waals surface area contributed by atoms with E-state index in [0.717, 1.165) is 66.5 Å². The lowest BCUT2D eigenvalue weighted by Gasteiger charge is -2.32. The molecule has 184 valence electrons. The number of para-hydroxylation sites is 1. The molecule has 3 aromatic rings. The fourth-order valence-corrected chi connectivity index (χ4v) is 4.59. The van der Waals surface area contributed by atoms with Gasteiger partial charge < -0.3 is 19.5 Å². The standard InChI is InChI=1S/C28H33N3O4/c1-33-22-16-20(17-23(18-22)34-2)19-31-14-11-21(12-15-31)28(32)30-27(25-9-6-7-13-29-25)24-8-4-5-10-26(24)35-3/h4-10,13,16-18,21,27H,11-12,14-15,19H2,1-3H3,(H,30,32). The first-order valence-electron chi connectivity index (χ1n) is 11.9. The summed E-state index contributed by atoms with van der Waals surface area (Å²) < 4.78 is 16.4. The average molecular weight is 476 g/mol. The van der Waals surface area contributed by atoms with Gasteiger partial charge in [-0.15, -0.1) is 0 Å². The summed E-state index contributed by atoms with van der Waals surface area (Å²) in [6, 6.07) is 19.1. The molecular formula is C28H33N3O4. The molecule has 35 heavy (non-hydrogen) atoms. The van der Waals surface area contributed by atoms with Gasteiger partial charge in [-0.1, -0.05) is 24.3 Å².